The van der Waals surface area contributed by atoms with Crippen molar-refractivity contribution in [1.82, 2.24) is 15.5 Å². The van der Waals surface area contributed by atoms with Crippen LogP contribution in [0.4, 0.5) is 0 Å². The van der Waals surface area contributed by atoms with E-state index in [1.165, 1.54) is 0 Å². The van der Waals surface area contributed by atoms with Gasteiger partial charge in [0.15, 0.2) is 17.5 Å². The average Bonchev–Trinajstić information content (AvgIpc) is 2.65. The Labute approximate surface area is 180 Å². The Hall–Kier alpha value is -1.26. The molecule has 0 bridgehead atoms. The van der Waals surface area contributed by atoms with E-state index in [0.717, 1.165) is 55.7 Å². The summed E-state index contributed by atoms with van der Waals surface area (Å²) in [6, 6.07) is 5.94. The molecular formula is C19H35IN4O3. The fraction of sp³-hybridized carbons (Fsp3) is 0.632. The van der Waals surface area contributed by atoms with Gasteiger partial charge in [-0.15, -0.1) is 24.0 Å². The zero-order valence-electron chi connectivity index (χ0n) is 17.2. The van der Waals surface area contributed by atoms with Crippen molar-refractivity contribution in [2.24, 2.45) is 4.99 Å². The first-order chi connectivity index (χ1) is 12.6. The molecule has 27 heavy (non-hydrogen) atoms. The maximum atomic E-state index is 5.62. The first-order valence-corrected chi connectivity index (χ1v) is 9.06. The first-order valence-electron chi connectivity index (χ1n) is 9.06. The molecule has 0 aromatic heterocycles. The normalized spacial score (nSPS) is 11.1. The minimum absolute atomic E-state index is 0. The maximum absolute atomic E-state index is 5.62. The van der Waals surface area contributed by atoms with Crippen LogP contribution in [0.2, 0.25) is 0 Å². The van der Waals surface area contributed by atoms with E-state index >= 15 is 0 Å². The number of hydrogen-bond acceptors (Lipinski definition) is 5. The summed E-state index contributed by atoms with van der Waals surface area (Å²) in [5, 5.41) is 6.66. The van der Waals surface area contributed by atoms with Crippen LogP contribution in [0.25, 0.3) is 0 Å². The molecule has 1 aromatic rings. The fourth-order valence-corrected chi connectivity index (χ4v) is 2.46. The average molecular weight is 494 g/mol. The second-order valence-corrected chi connectivity index (χ2v) is 5.92. The van der Waals surface area contributed by atoms with Crippen molar-refractivity contribution >= 4 is 29.9 Å². The van der Waals surface area contributed by atoms with Gasteiger partial charge in [0.25, 0.3) is 0 Å². The molecule has 0 radical (unpaired) electrons. The lowest BCUT2D eigenvalue weighted by atomic mass is 10.2. The molecule has 2 N–H and O–H groups in total. The zero-order valence-corrected chi connectivity index (χ0v) is 19.5. The van der Waals surface area contributed by atoms with Gasteiger partial charge in [-0.25, -0.2) is 0 Å². The van der Waals surface area contributed by atoms with Gasteiger partial charge in [0.1, 0.15) is 0 Å². The molecule has 8 heteroatoms. The Bertz CT molecular complexity index is 544. The molecule has 0 atom stereocenters. The van der Waals surface area contributed by atoms with Crippen LogP contribution in [0.15, 0.2) is 23.2 Å². The largest absolute Gasteiger partial charge is 0.493 e. The van der Waals surface area contributed by atoms with E-state index in [1.54, 1.807) is 21.3 Å². The summed E-state index contributed by atoms with van der Waals surface area (Å²) in [5.41, 5.74) is 1.11. The highest BCUT2D eigenvalue weighted by molar-refractivity contribution is 14.0. The van der Waals surface area contributed by atoms with Crippen molar-refractivity contribution in [2.75, 3.05) is 61.2 Å². The van der Waals surface area contributed by atoms with Crippen LogP contribution < -0.4 is 20.1 Å². The number of nitrogens with zero attached hydrogens (tertiary/aromatic N) is 2. The molecule has 1 aromatic carbocycles. The van der Waals surface area contributed by atoms with Crippen molar-refractivity contribution < 1.29 is 14.2 Å². The van der Waals surface area contributed by atoms with E-state index in [0.29, 0.717) is 13.2 Å². The minimum Gasteiger partial charge on any atom is -0.493 e. The number of aliphatic imine (C=N–C) groups is 1. The topological polar surface area (TPSA) is 67.4 Å². The van der Waals surface area contributed by atoms with Gasteiger partial charge < -0.3 is 29.7 Å². The molecule has 0 saturated carbocycles. The highest BCUT2D eigenvalue weighted by Crippen LogP contribution is 2.27. The summed E-state index contributed by atoms with van der Waals surface area (Å²) in [7, 11) is 7.27. The van der Waals surface area contributed by atoms with Crippen molar-refractivity contribution in [2.45, 2.75) is 19.9 Å². The lowest BCUT2D eigenvalue weighted by Gasteiger charge is -2.18. The molecule has 7 nitrogen and oxygen atoms in total. The summed E-state index contributed by atoms with van der Waals surface area (Å²) in [6.45, 7) is 6.82. The lowest BCUT2D eigenvalue weighted by molar-refractivity contribution is 0.180. The molecule has 0 heterocycles. The Morgan fingerprint density at radius 1 is 1.15 bits per heavy atom. The maximum Gasteiger partial charge on any atom is 0.191 e. The van der Waals surface area contributed by atoms with Crippen LogP contribution >= 0.6 is 24.0 Å². The van der Waals surface area contributed by atoms with Crippen LogP contribution in [0.5, 0.6) is 11.5 Å². The summed E-state index contributed by atoms with van der Waals surface area (Å²) in [4.78, 5) is 6.54. The Balaban J connectivity index is 0.00000676. The zero-order chi connectivity index (χ0) is 19.2. The molecule has 156 valence electrons. The number of nitrogens with one attached hydrogen (secondary N) is 2. The molecule has 0 unspecified atom stereocenters. The SMILES string of the molecule is CCOc1cc(CNC(=NC)NCCN(C)CCCOC)ccc1OC.I. The van der Waals surface area contributed by atoms with Gasteiger partial charge in [0.05, 0.1) is 13.7 Å². The van der Waals surface area contributed by atoms with Gasteiger partial charge in [-0.3, -0.25) is 4.99 Å². The molecule has 0 saturated heterocycles. The predicted octanol–water partition coefficient (Wildman–Crippen LogP) is 2.35. The highest BCUT2D eigenvalue weighted by Gasteiger charge is 2.06. The summed E-state index contributed by atoms with van der Waals surface area (Å²) < 4.78 is 16.0. The van der Waals surface area contributed by atoms with Crippen LogP contribution in [0.3, 0.4) is 0 Å². The number of guanidine groups is 1. The lowest BCUT2D eigenvalue weighted by Crippen LogP contribution is -2.40. The molecule has 0 aliphatic heterocycles. The quantitative estimate of drug-likeness (QED) is 0.201. The third-order valence-electron chi connectivity index (χ3n) is 3.89. The molecule has 0 aliphatic carbocycles. The van der Waals surface area contributed by atoms with Crippen molar-refractivity contribution in [1.29, 1.82) is 0 Å². The van der Waals surface area contributed by atoms with E-state index in [-0.39, 0.29) is 24.0 Å². The number of ether oxygens (including phenoxy) is 3. The second-order valence-electron chi connectivity index (χ2n) is 5.92. The number of methoxy groups -OCH3 is 2. The molecular weight excluding hydrogens is 459 g/mol. The van der Waals surface area contributed by atoms with E-state index in [9.17, 15) is 0 Å². The highest BCUT2D eigenvalue weighted by atomic mass is 127. The van der Waals surface area contributed by atoms with E-state index in [1.807, 2.05) is 25.1 Å². The minimum atomic E-state index is 0. The third-order valence-corrected chi connectivity index (χ3v) is 3.89. The Kier molecular flexibility index (Phi) is 15.0. The molecule has 0 fully saturated rings. The molecule has 0 spiro atoms. The Morgan fingerprint density at radius 2 is 1.93 bits per heavy atom. The molecule has 0 aliphatic rings. The monoisotopic (exact) mass is 494 g/mol. The van der Waals surface area contributed by atoms with Crippen LogP contribution in [-0.2, 0) is 11.3 Å². The smallest absolute Gasteiger partial charge is 0.191 e. The predicted molar refractivity (Wildman–Crippen MR) is 122 cm³/mol. The van der Waals surface area contributed by atoms with Crippen molar-refractivity contribution in [3.05, 3.63) is 23.8 Å². The molecule has 0 amide bonds. The number of hydrogen-bond donors (Lipinski definition) is 2. The van der Waals surface area contributed by atoms with Crippen molar-refractivity contribution in [3.63, 3.8) is 0 Å². The number of rotatable bonds is 12. The van der Waals surface area contributed by atoms with Crippen molar-refractivity contribution in [3.8, 4) is 11.5 Å². The van der Waals surface area contributed by atoms with Crippen LogP contribution in [-0.4, -0.2) is 72.0 Å². The number of benzene rings is 1. The third kappa shape index (κ3) is 10.6. The van der Waals surface area contributed by atoms with Gasteiger partial charge >= 0.3 is 0 Å². The number of halogens is 1. The molecule has 1 rings (SSSR count). The second kappa shape index (κ2) is 15.8. The summed E-state index contributed by atoms with van der Waals surface area (Å²) in [6.07, 6.45) is 1.04. The first kappa shape index (κ1) is 25.7. The standard InChI is InChI=1S/C19H34N4O3.HI/c1-6-26-18-14-16(8-9-17(18)25-5)15-22-19(20-2)21-10-12-23(3)11-7-13-24-4;/h8-9,14H,6-7,10-13,15H2,1-5H3,(H2,20,21,22);1H. The fourth-order valence-electron chi connectivity index (χ4n) is 2.46. The number of likely N-dealkylation sites (N-methyl/N-ethyl adjacent to an activating group) is 1. The van der Waals surface area contributed by atoms with Gasteiger partial charge in [-0.2, -0.15) is 0 Å². The summed E-state index contributed by atoms with van der Waals surface area (Å²) >= 11 is 0. The van der Waals surface area contributed by atoms with Gasteiger partial charge in [0, 0.05) is 46.9 Å². The van der Waals surface area contributed by atoms with E-state index in [4.69, 9.17) is 14.2 Å². The summed E-state index contributed by atoms with van der Waals surface area (Å²) in [5.74, 6) is 2.29. The van der Waals surface area contributed by atoms with Crippen LogP contribution in [0, 0.1) is 0 Å². The van der Waals surface area contributed by atoms with E-state index in [2.05, 4.69) is 27.6 Å². The van der Waals surface area contributed by atoms with Gasteiger partial charge in [-0.05, 0) is 38.1 Å². The van der Waals surface area contributed by atoms with Gasteiger partial charge in [0.2, 0.25) is 0 Å². The Morgan fingerprint density at radius 3 is 2.56 bits per heavy atom. The van der Waals surface area contributed by atoms with E-state index < -0.39 is 0 Å². The van der Waals surface area contributed by atoms with Gasteiger partial charge in [-0.1, -0.05) is 6.07 Å². The van der Waals surface area contributed by atoms with Crippen LogP contribution in [0.1, 0.15) is 18.9 Å².